The van der Waals surface area contributed by atoms with Crippen LogP contribution in [-0.2, 0) is 9.53 Å². The van der Waals surface area contributed by atoms with Crippen molar-refractivity contribution in [2.24, 2.45) is 16.5 Å². The van der Waals surface area contributed by atoms with Gasteiger partial charge in [-0.3, -0.25) is 4.79 Å². The fraction of sp³-hybridized carbons (Fsp3) is 0.800. The molecule has 9 nitrogen and oxygen atoms in total. The molecular formula is C10H22N5O4+. The first-order valence-electron chi connectivity index (χ1n) is 5.83. The Kier molecular flexibility index (Phi) is 6.76. The van der Waals surface area contributed by atoms with Crippen molar-refractivity contribution < 1.29 is 19.8 Å². The van der Waals surface area contributed by atoms with Crippen LogP contribution in [0.5, 0.6) is 0 Å². The van der Waals surface area contributed by atoms with Crippen LogP contribution in [0, 0.1) is 4.91 Å². The molecule has 110 valence electrons. The average Bonchev–Trinajstić information content (AvgIpc) is 2.20. The highest BCUT2D eigenvalue weighted by atomic mass is 16.7. The molecule has 0 aliphatic heterocycles. The third-order valence-electron chi connectivity index (χ3n) is 1.88. The molecule has 0 saturated carbocycles. The van der Waals surface area contributed by atoms with Crippen LogP contribution in [0.15, 0.2) is 4.99 Å². The van der Waals surface area contributed by atoms with Gasteiger partial charge in [0.15, 0.2) is 0 Å². The Hall–Kier alpha value is -1.90. The van der Waals surface area contributed by atoms with E-state index in [2.05, 4.69) is 4.99 Å². The number of guanidine groups is 1. The van der Waals surface area contributed by atoms with E-state index in [0.717, 1.165) is 0 Å². The summed E-state index contributed by atoms with van der Waals surface area (Å²) in [6.45, 7) is 5.55. The predicted molar refractivity (Wildman–Crippen MR) is 68.1 cm³/mol. The fourth-order valence-electron chi connectivity index (χ4n) is 1.14. The first-order chi connectivity index (χ1) is 8.61. The lowest BCUT2D eigenvalue weighted by atomic mass is 10.1. The second-order valence-corrected chi connectivity index (χ2v) is 4.93. The molecule has 0 aromatic carbocycles. The normalized spacial score (nSPS) is 13.8. The number of rotatable bonds is 6. The van der Waals surface area contributed by atoms with Gasteiger partial charge < -0.3 is 16.2 Å². The van der Waals surface area contributed by atoms with Gasteiger partial charge in [-0.15, -0.1) is 0 Å². The van der Waals surface area contributed by atoms with Crippen LogP contribution >= 0.6 is 0 Å². The minimum atomic E-state index is -0.725. The van der Waals surface area contributed by atoms with Gasteiger partial charge in [-0.05, 0) is 39.0 Å². The van der Waals surface area contributed by atoms with Crippen LogP contribution in [-0.4, -0.2) is 40.4 Å². The van der Waals surface area contributed by atoms with E-state index in [-0.39, 0.29) is 12.5 Å². The first kappa shape index (κ1) is 17.1. The van der Waals surface area contributed by atoms with Gasteiger partial charge in [0, 0.05) is 6.54 Å². The summed E-state index contributed by atoms with van der Waals surface area (Å²) < 4.78 is 5.11. The molecule has 0 aromatic heterocycles. The summed E-state index contributed by atoms with van der Waals surface area (Å²) in [6.07, 6.45) is 0.874. The fourth-order valence-corrected chi connectivity index (χ4v) is 1.14. The number of aliphatic imine (C=N–C) groups is 1. The van der Waals surface area contributed by atoms with E-state index in [1.54, 1.807) is 20.8 Å². The lowest BCUT2D eigenvalue weighted by molar-refractivity contribution is -0.822. The second-order valence-electron chi connectivity index (χ2n) is 4.93. The molecule has 0 heterocycles. The maximum atomic E-state index is 11.5. The van der Waals surface area contributed by atoms with Crippen molar-refractivity contribution in [2.45, 2.75) is 45.3 Å². The highest BCUT2D eigenvalue weighted by Gasteiger charge is 2.21. The van der Waals surface area contributed by atoms with Crippen molar-refractivity contribution in [3.8, 4) is 0 Å². The molecule has 19 heavy (non-hydrogen) atoms. The molecule has 6 N–H and O–H groups in total. The Morgan fingerprint density at radius 2 is 2.11 bits per heavy atom. The number of ether oxygens (including phenoxy) is 1. The van der Waals surface area contributed by atoms with Gasteiger partial charge in [-0.25, -0.2) is 10.2 Å². The van der Waals surface area contributed by atoms with Gasteiger partial charge in [0.05, 0.1) is 0 Å². The molecule has 0 spiro atoms. The Labute approximate surface area is 111 Å². The monoisotopic (exact) mass is 276 g/mol. The average molecular weight is 276 g/mol. The Balaban J connectivity index is 3.95. The van der Waals surface area contributed by atoms with Crippen molar-refractivity contribution in [1.29, 1.82) is 0 Å². The van der Waals surface area contributed by atoms with E-state index in [9.17, 15) is 9.70 Å². The van der Waals surface area contributed by atoms with Crippen molar-refractivity contribution in [1.82, 2.24) is 5.43 Å². The van der Waals surface area contributed by atoms with E-state index in [1.807, 2.05) is 5.43 Å². The molecule has 0 fully saturated rings. The number of esters is 1. The third-order valence-corrected chi connectivity index (χ3v) is 1.88. The number of hydrogen-bond donors (Lipinski definition) is 4. The molecule has 0 amide bonds. The summed E-state index contributed by atoms with van der Waals surface area (Å²) in [4.78, 5) is 25.4. The quantitative estimate of drug-likeness (QED) is 0.167. The molecule has 0 unspecified atom stereocenters. The zero-order chi connectivity index (χ0) is 15.1. The molecule has 0 saturated heterocycles. The lowest BCUT2D eigenvalue weighted by Crippen LogP contribution is -2.38. The van der Waals surface area contributed by atoms with E-state index in [0.29, 0.717) is 12.8 Å². The van der Waals surface area contributed by atoms with Crippen molar-refractivity contribution in [3.63, 3.8) is 0 Å². The minimum Gasteiger partial charge on any atom is -0.459 e. The van der Waals surface area contributed by atoms with E-state index in [1.165, 1.54) is 0 Å². The topological polar surface area (TPSA) is 143 Å². The van der Waals surface area contributed by atoms with Gasteiger partial charge in [-0.1, -0.05) is 0 Å². The molecule has 0 aromatic rings. The van der Waals surface area contributed by atoms with Crippen LogP contribution in [0.4, 0.5) is 0 Å². The Morgan fingerprint density at radius 1 is 1.53 bits per heavy atom. The summed E-state index contributed by atoms with van der Waals surface area (Å²) in [5.74, 6) is -0.688. The molecule has 0 rings (SSSR count). The number of carbonyl (C=O) groups excluding carboxylic acids is 1. The van der Waals surface area contributed by atoms with Gasteiger partial charge in [0.25, 0.3) is 5.96 Å². The van der Waals surface area contributed by atoms with E-state index >= 15 is 0 Å². The predicted octanol–water partition coefficient (Wildman–Crippen LogP) is -0.577. The van der Waals surface area contributed by atoms with Crippen LogP contribution in [0.1, 0.15) is 33.6 Å². The molecule has 0 radical (unpaired) electrons. The number of hydrogen-bond acceptors (Lipinski definition) is 5. The number of nitrogens with two attached hydrogens (primary N) is 2. The van der Waals surface area contributed by atoms with Crippen LogP contribution in [0.3, 0.4) is 0 Å². The minimum absolute atomic E-state index is 0.219. The number of nitrogens with one attached hydrogen (secondary N) is 1. The van der Waals surface area contributed by atoms with Crippen LogP contribution in [0.2, 0.25) is 0 Å². The lowest BCUT2D eigenvalue weighted by Gasteiger charge is -2.22. The zero-order valence-corrected chi connectivity index (χ0v) is 11.4. The van der Waals surface area contributed by atoms with Gasteiger partial charge in [-0.2, -0.15) is 0 Å². The zero-order valence-electron chi connectivity index (χ0n) is 11.4. The largest absolute Gasteiger partial charge is 0.459 e. The SMILES string of the molecule is CC(C)(C)OC(=O)[C@@H](N)CCCN=C(N)N[N+](=O)O. The second kappa shape index (κ2) is 7.52. The number of nitrogens with zero attached hydrogens (tertiary/aromatic N) is 2. The standard InChI is InChI=1S/C10H22N5O4/c1-10(2,3)19-8(16)7(11)5-4-6-13-9(12)14-15(17)18/h7H,4-6,11H2,1-3H3,(H,17,18)(H3,12,13,14)/q+1/t7-/m0/s1. The maximum absolute atomic E-state index is 11.5. The summed E-state index contributed by atoms with van der Waals surface area (Å²) in [7, 11) is 0. The highest BCUT2D eigenvalue weighted by Crippen LogP contribution is 2.09. The number of hydrazine groups is 1. The Bertz CT molecular complexity index is 350. The van der Waals surface area contributed by atoms with E-state index in [4.69, 9.17) is 21.4 Å². The summed E-state index contributed by atoms with van der Waals surface area (Å²) >= 11 is 0. The van der Waals surface area contributed by atoms with Gasteiger partial charge in [0.2, 0.25) is 0 Å². The molecular weight excluding hydrogens is 254 g/mol. The summed E-state index contributed by atoms with van der Waals surface area (Å²) in [6, 6.07) is -0.725. The Morgan fingerprint density at radius 3 is 2.58 bits per heavy atom. The highest BCUT2D eigenvalue weighted by molar-refractivity contribution is 5.76. The third kappa shape index (κ3) is 9.77. The number of carbonyl (C=O) groups is 1. The smallest absolute Gasteiger partial charge is 0.362 e. The molecule has 9 heteroatoms. The van der Waals surface area contributed by atoms with Crippen molar-refractivity contribution in [3.05, 3.63) is 4.91 Å². The molecule has 0 aliphatic carbocycles. The van der Waals surface area contributed by atoms with Crippen molar-refractivity contribution >= 4 is 11.9 Å². The maximum Gasteiger partial charge on any atom is 0.362 e. The molecule has 0 aliphatic rings. The summed E-state index contributed by atoms with van der Waals surface area (Å²) in [5, 5.41) is 7.72. The molecule has 0 bridgehead atoms. The van der Waals surface area contributed by atoms with Crippen molar-refractivity contribution in [2.75, 3.05) is 6.54 Å². The van der Waals surface area contributed by atoms with Gasteiger partial charge in [0.1, 0.15) is 16.5 Å². The van der Waals surface area contributed by atoms with Crippen LogP contribution in [0.25, 0.3) is 0 Å². The summed E-state index contributed by atoms with van der Waals surface area (Å²) in [5.41, 5.74) is 12.2. The first-order valence-corrected chi connectivity index (χ1v) is 5.83. The van der Waals surface area contributed by atoms with Crippen LogP contribution < -0.4 is 16.9 Å². The van der Waals surface area contributed by atoms with Gasteiger partial charge >= 0.3 is 11.0 Å². The van der Waals surface area contributed by atoms with E-state index < -0.39 is 22.6 Å². The molecule has 1 atom stereocenters.